The fraction of sp³-hybridized carbons (Fsp3) is 0.222. The number of halogens is 1. The van der Waals surface area contributed by atoms with Crippen molar-refractivity contribution in [3.63, 3.8) is 0 Å². The molecule has 120 valence electrons. The van der Waals surface area contributed by atoms with Gasteiger partial charge in [0.05, 0.1) is 0 Å². The van der Waals surface area contributed by atoms with Crippen molar-refractivity contribution in [3.8, 4) is 0 Å². The Morgan fingerprint density at radius 1 is 1.09 bits per heavy atom. The Labute approximate surface area is 147 Å². The Morgan fingerprint density at radius 3 is 2.35 bits per heavy atom. The summed E-state index contributed by atoms with van der Waals surface area (Å²) in [7, 11) is 0. The van der Waals surface area contributed by atoms with Crippen LogP contribution in [-0.2, 0) is 5.41 Å². The Bertz CT molecular complexity index is 724. The van der Waals surface area contributed by atoms with Gasteiger partial charge in [0.15, 0.2) is 5.11 Å². The van der Waals surface area contributed by atoms with Crippen molar-refractivity contribution in [3.05, 3.63) is 64.7 Å². The predicted octanol–water partition coefficient (Wildman–Crippen LogP) is 4.76. The minimum atomic E-state index is -0.241. The van der Waals surface area contributed by atoms with E-state index in [0.717, 1.165) is 11.3 Å². The van der Waals surface area contributed by atoms with Gasteiger partial charge in [-0.1, -0.05) is 50.6 Å². The Hall–Kier alpha value is -1.91. The summed E-state index contributed by atoms with van der Waals surface area (Å²) >= 11 is 11.3. The number of thiocarbonyl (C=S) groups is 1. The number of hydrogen-bond acceptors (Lipinski definition) is 2. The molecule has 0 spiro atoms. The summed E-state index contributed by atoms with van der Waals surface area (Å²) in [5.41, 5.74) is 2.32. The van der Waals surface area contributed by atoms with Gasteiger partial charge in [0, 0.05) is 16.3 Å². The van der Waals surface area contributed by atoms with Crippen molar-refractivity contribution in [1.29, 1.82) is 0 Å². The molecule has 2 N–H and O–H groups in total. The molecule has 0 unspecified atom stereocenters. The van der Waals surface area contributed by atoms with Gasteiger partial charge in [-0.25, -0.2) is 0 Å². The molecule has 0 aliphatic carbocycles. The lowest BCUT2D eigenvalue weighted by atomic mass is 9.86. The Morgan fingerprint density at radius 2 is 1.74 bits per heavy atom. The van der Waals surface area contributed by atoms with Crippen LogP contribution in [0.15, 0.2) is 48.5 Å². The van der Waals surface area contributed by atoms with Gasteiger partial charge in [0.25, 0.3) is 5.91 Å². The molecule has 1 amide bonds. The summed E-state index contributed by atoms with van der Waals surface area (Å²) in [4.78, 5) is 12.1. The molecule has 0 heterocycles. The van der Waals surface area contributed by atoms with E-state index >= 15 is 0 Å². The zero-order chi connectivity index (χ0) is 17.0. The highest BCUT2D eigenvalue weighted by Crippen LogP contribution is 2.31. The molecule has 23 heavy (non-hydrogen) atoms. The first-order valence-electron chi connectivity index (χ1n) is 7.25. The van der Waals surface area contributed by atoms with E-state index in [1.165, 1.54) is 0 Å². The monoisotopic (exact) mass is 346 g/mol. The molecule has 0 saturated heterocycles. The lowest BCUT2D eigenvalue weighted by Crippen LogP contribution is -2.34. The third-order valence-corrected chi connectivity index (χ3v) is 3.74. The average molecular weight is 347 g/mol. The molecule has 0 radical (unpaired) electrons. The van der Waals surface area contributed by atoms with E-state index in [-0.39, 0.29) is 16.4 Å². The van der Waals surface area contributed by atoms with Gasteiger partial charge in [-0.2, -0.15) is 0 Å². The Balaban J connectivity index is 2.13. The summed E-state index contributed by atoms with van der Waals surface area (Å²) in [6, 6.07) is 14.5. The molecule has 0 atom stereocenters. The summed E-state index contributed by atoms with van der Waals surface area (Å²) in [5, 5.41) is 6.69. The van der Waals surface area contributed by atoms with Crippen LogP contribution in [0.5, 0.6) is 0 Å². The van der Waals surface area contributed by atoms with Crippen LogP contribution >= 0.6 is 23.8 Å². The molecular weight excluding hydrogens is 328 g/mol. The van der Waals surface area contributed by atoms with E-state index < -0.39 is 0 Å². The van der Waals surface area contributed by atoms with Gasteiger partial charge < -0.3 is 5.32 Å². The normalized spacial score (nSPS) is 11.0. The first-order chi connectivity index (χ1) is 10.8. The molecule has 2 rings (SSSR count). The zero-order valence-corrected chi connectivity index (χ0v) is 14.9. The van der Waals surface area contributed by atoms with Gasteiger partial charge in [0.1, 0.15) is 0 Å². The first-order valence-corrected chi connectivity index (χ1v) is 8.03. The second-order valence-electron chi connectivity index (χ2n) is 6.21. The summed E-state index contributed by atoms with van der Waals surface area (Å²) in [6.45, 7) is 6.28. The maximum Gasteiger partial charge on any atom is 0.257 e. The largest absolute Gasteiger partial charge is 0.332 e. The lowest BCUT2D eigenvalue weighted by molar-refractivity contribution is 0.0977. The van der Waals surface area contributed by atoms with Gasteiger partial charge in [-0.15, -0.1) is 0 Å². The van der Waals surface area contributed by atoms with Gasteiger partial charge >= 0.3 is 0 Å². The molecule has 0 aliphatic rings. The van der Waals surface area contributed by atoms with Crippen LogP contribution in [0.2, 0.25) is 5.02 Å². The quantitative estimate of drug-likeness (QED) is 0.770. The van der Waals surface area contributed by atoms with Crippen molar-refractivity contribution in [2.45, 2.75) is 26.2 Å². The van der Waals surface area contributed by atoms with Crippen molar-refractivity contribution in [2.24, 2.45) is 0 Å². The van der Waals surface area contributed by atoms with E-state index in [0.29, 0.717) is 10.6 Å². The minimum absolute atomic E-state index is 0.105. The van der Waals surface area contributed by atoms with Crippen LogP contribution in [0.1, 0.15) is 36.7 Å². The van der Waals surface area contributed by atoms with Crippen molar-refractivity contribution >= 4 is 40.5 Å². The lowest BCUT2D eigenvalue weighted by Gasteiger charge is -2.24. The Kier molecular flexibility index (Phi) is 5.39. The fourth-order valence-electron chi connectivity index (χ4n) is 2.16. The molecular formula is C18H19ClN2OS. The SMILES string of the molecule is CC(C)(C)c1cc(Cl)ccc1NC(=S)NC(=O)c1ccccc1. The van der Waals surface area contributed by atoms with Crippen LogP contribution in [0.25, 0.3) is 0 Å². The highest BCUT2D eigenvalue weighted by atomic mass is 35.5. The van der Waals surface area contributed by atoms with E-state index in [1.807, 2.05) is 30.3 Å². The van der Waals surface area contributed by atoms with Gasteiger partial charge in [-0.3, -0.25) is 10.1 Å². The first kappa shape index (κ1) is 17.4. The highest BCUT2D eigenvalue weighted by molar-refractivity contribution is 7.80. The number of benzene rings is 2. The number of carbonyl (C=O) groups is 1. The molecule has 0 saturated carbocycles. The molecule has 0 aliphatic heterocycles. The number of rotatable bonds is 2. The van der Waals surface area contributed by atoms with Crippen LogP contribution in [0.3, 0.4) is 0 Å². The molecule has 0 bridgehead atoms. The second-order valence-corrected chi connectivity index (χ2v) is 7.06. The van der Waals surface area contributed by atoms with E-state index in [4.69, 9.17) is 23.8 Å². The average Bonchev–Trinajstić information content (AvgIpc) is 2.49. The number of carbonyl (C=O) groups excluding carboxylic acids is 1. The van der Waals surface area contributed by atoms with E-state index in [9.17, 15) is 4.79 Å². The highest BCUT2D eigenvalue weighted by Gasteiger charge is 2.19. The maximum absolute atomic E-state index is 12.1. The topological polar surface area (TPSA) is 41.1 Å². The molecule has 0 aromatic heterocycles. The van der Waals surface area contributed by atoms with E-state index in [1.54, 1.807) is 18.2 Å². The number of hydrogen-bond donors (Lipinski definition) is 2. The van der Waals surface area contributed by atoms with Crippen LogP contribution in [-0.4, -0.2) is 11.0 Å². The third-order valence-electron chi connectivity index (χ3n) is 3.30. The van der Waals surface area contributed by atoms with Crippen molar-refractivity contribution in [2.75, 3.05) is 5.32 Å². The summed E-state index contributed by atoms with van der Waals surface area (Å²) < 4.78 is 0. The number of nitrogens with one attached hydrogen (secondary N) is 2. The molecule has 2 aromatic rings. The molecule has 0 fully saturated rings. The standard InChI is InChI=1S/C18H19ClN2OS/c1-18(2,3)14-11-13(19)9-10-15(14)20-17(23)21-16(22)12-7-5-4-6-8-12/h4-11H,1-3H3,(H2,20,21,22,23). The maximum atomic E-state index is 12.1. The predicted molar refractivity (Wildman–Crippen MR) is 100 cm³/mol. The summed E-state index contributed by atoms with van der Waals surface area (Å²) in [5.74, 6) is -0.241. The van der Waals surface area contributed by atoms with Crippen LogP contribution in [0.4, 0.5) is 5.69 Å². The minimum Gasteiger partial charge on any atom is -0.332 e. The summed E-state index contributed by atoms with van der Waals surface area (Å²) in [6.07, 6.45) is 0. The van der Waals surface area contributed by atoms with E-state index in [2.05, 4.69) is 31.4 Å². The van der Waals surface area contributed by atoms with Gasteiger partial charge in [-0.05, 0) is 53.5 Å². The number of amides is 1. The second kappa shape index (κ2) is 7.11. The number of anilines is 1. The van der Waals surface area contributed by atoms with Gasteiger partial charge in [0.2, 0.25) is 0 Å². The molecule has 3 nitrogen and oxygen atoms in total. The fourth-order valence-corrected chi connectivity index (χ4v) is 2.54. The van der Waals surface area contributed by atoms with Crippen molar-refractivity contribution < 1.29 is 4.79 Å². The zero-order valence-electron chi connectivity index (χ0n) is 13.3. The van der Waals surface area contributed by atoms with Crippen LogP contribution < -0.4 is 10.6 Å². The third kappa shape index (κ3) is 4.78. The molecule has 5 heteroatoms. The van der Waals surface area contributed by atoms with Crippen molar-refractivity contribution in [1.82, 2.24) is 5.32 Å². The van der Waals surface area contributed by atoms with Crippen LogP contribution in [0, 0.1) is 0 Å². The molecule has 2 aromatic carbocycles. The smallest absolute Gasteiger partial charge is 0.257 e.